The number of nitrogens with zero attached hydrogens (tertiary/aromatic N) is 1. The Hall–Kier alpha value is -2.26. The minimum atomic E-state index is -4.64. The molecule has 2 rings (SSSR count). The molecule has 0 saturated carbocycles. The first-order valence-electron chi connectivity index (χ1n) is 7.11. The van der Waals surface area contributed by atoms with Gasteiger partial charge < -0.3 is 5.32 Å². The maximum Gasteiger partial charge on any atom is 0.417 e. The smallest absolute Gasteiger partial charge is 0.322 e. The summed E-state index contributed by atoms with van der Waals surface area (Å²) in [5.74, 6) is -0.644. The molecular formula is C16H14ClF3N2O3S. The number of anilines is 2. The van der Waals surface area contributed by atoms with Crippen LogP contribution in [-0.2, 0) is 16.2 Å². The molecule has 0 heterocycles. The van der Waals surface area contributed by atoms with Crippen LogP contribution in [0.25, 0.3) is 0 Å². The van der Waals surface area contributed by atoms with Crippen LogP contribution < -0.4 is 9.62 Å². The van der Waals surface area contributed by atoms with E-state index in [4.69, 9.17) is 11.6 Å². The average molecular weight is 407 g/mol. The molecule has 0 aliphatic heterocycles. The van der Waals surface area contributed by atoms with E-state index in [0.717, 1.165) is 22.7 Å². The predicted octanol–water partition coefficient (Wildman–Crippen LogP) is 4.01. The van der Waals surface area contributed by atoms with E-state index >= 15 is 0 Å². The molecule has 5 nitrogen and oxygen atoms in total. The fraction of sp³-hybridized carbons (Fsp3) is 0.188. The Balaban J connectivity index is 2.21. The number of hydrogen-bond acceptors (Lipinski definition) is 3. The second-order valence-corrected chi connectivity index (χ2v) is 7.84. The molecule has 0 bridgehead atoms. The van der Waals surface area contributed by atoms with Crippen molar-refractivity contribution in [1.29, 1.82) is 0 Å². The fourth-order valence-electron chi connectivity index (χ4n) is 2.04. The van der Waals surface area contributed by atoms with Gasteiger partial charge in [-0.05, 0) is 42.5 Å². The summed E-state index contributed by atoms with van der Waals surface area (Å²) in [6.45, 7) is 0. The molecule has 0 unspecified atom stereocenters. The normalized spacial score (nSPS) is 11.9. The summed E-state index contributed by atoms with van der Waals surface area (Å²) in [6, 6.07) is 8.61. The van der Waals surface area contributed by atoms with Crippen LogP contribution >= 0.6 is 11.6 Å². The molecule has 10 heteroatoms. The van der Waals surface area contributed by atoms with Gasteiger partial charge in [-0.2, -0.15) is 13.2 Å². The molecule has 0 spiro atoms. The van der Waals surface area contributed by atoms with Crippen LogP contribution in [0.15, 0.2) is 42.5 Å². The van der Waals surface area contributed by atoms with E-state index in [1.54, 1.807) is 0 Å². The number of hydrogen-bond donors (Lipinski definition) is 1. The standard InChI is InChI=1S/C16H14ClF3N2O3S/c1-22(26(2,24)25)12-6-3-10(4-7-12)15(23)21-11-5-8-14(17)13(9-11)16(18,19)20/h3-9H,1-2H3,(H,21,23). The van der Waals surface area contributed by atoms with Crippen LogP contribution in [0, 0.1) is 0 Å². The quantitative estimate of drug-likeness (QED) is 0.834. The molecule has 2 aromatic rings. The van der Waals surface area contributed by atoms with Crippen LogP contribution in [0.1, 0.15) is 15.9 Å². The van der Waals surface area contributed by atoms with Crippen molar-refractivity contribution in [2.75, 3.05) is 22.9 Å². The number of nitrogens with one attached hydrogen (secondary N) is 1. The van der Waals surface area contributed by atoms with Gasteiger partial charge in [0.2, 0.25) is 10.0 Å². The van der Waals surface area contributed by atoms with E-state index < -0.39 is 32.7 Å². The van der Waals surface area contributed by atoms with Crippen molar-refractivity contribution in [1.82, 2.24) is 0 Å². The van der Waals surface area contributed by atoms with E-state index in [9.17, 15) is 26.4 Å². The zero-order valence-corrected chi connectivity index (χ0v) is 15.2. The molecule has 1 N–H and O–H groups in total. The summed E-state index contributed by atoms with van der Waals surface area (Å²) < 4.78 is 62.5. The maximum atomic E-state index is 12.9. The van der Waals surface area contributed by atoms with Crippen molar-refractivity contribution in [3.05, 3.63) is 58.6 Å². The summed E-state index contributed by atoms with van der Waals surface area (Å²) >= 11 is 5.53. The molecule has 0 radical (unpaired) electrons. The lowest BCUT2D eigenvalue weighted by Gasteiger charge is -2.16. The molecule has 1 amide bonds. The van der Waals surface area contributed by atoms with Crippen LogP contribution in [0.5, 0.6) is 0 Å². The third-order valence-corrected chi connectivity index (χ3v) is 5.06. The average Bonchev–Trinajstić information content (AvgIpc) is 2.54. The molecule has 0 aliphatic rings. The van der Waals surface area contributed by atoms with E-state index in [0.29, 0.717) is 5.69 Å². The number of carbonyl (C=O) groups excluding carboxylic acids is 1. The first-order chi connectivity index (χ1) is 11.9. The van der Waals surface area contributed by atoms with Gasteiger partial charge >= 0.3 is 6.18 Å². The number of carbonyl (C=O) groups is 1. The van der Waals surface area contributed by atoms with Crippen molar-refractivity contribution in [3.63, 3.8) is 0 Å². The Kier molecular flexibility index (Phi) is 5.52. The molecular weight excluding hydrogens is 393 g/mol. The van der Waals surface area contributed by atoms with Crippen LogP contribution in [0.4, 0.5) is 24.5 Å². The van der Waals surface area contributed by atoms with Crippen molar-refractivity contribution in [3.8, 4) is 0 Å². The summed E-state index contributed by atoms with van der Waals surface area (Å²) in [5, 5.41) is 1.88. The second-order valence-electron chi connectivity index (χ2n) is 5.42. The van der Waals surface area contributed by atoms with E-state index in [-0.39, 0.29) is 11.3 Å². The minimum absolute atomic E-state index is 0.0657. The Morgan fingerprint density at radius 2 is 1.69 bits per heavy atom. The highest BCUT2D eigenvalue weighted by atomic mass is 35.5. The van der Waals surface area contributed by atoms with Gasteiger partial charge in [-0.1, -0.05) is 11.6 Å². The van der Waals surface area contributed by atoms with E-state index in [1.165, 1.54) is 37.4 Å². The summed E-state index contributed by atoms with van der Waals surface area (Å²) in [4.78, 5) is 12.2. The number of amides is 1. The molecule has 0 aliphatic carbocycles. The highest BCUT2D eigenvalue weighted by molar-refractivity contribution is 7.92. The number of benzene rings is 2. The number of sulfonamides is 1. The summed E-state index contributed by atoms with van der Waals surface area (Å²) in [5.41, 5.74) is -0.625. The minimum Gasteiger partial charge on any atom is -0.322 e. The lowest BCUT2D eigenvalue weighted by molar-refractivity contribution is -0.137. The van der Waals surface area contributed by atoms with Gasteiger partial charge in [-0.15, -0.1) is 0 Å². The molecule has 2 aromatic carbocycles. The van der Waals surface area contributed by atoms with Gasteiger partial charge in [0, 0.05) is 18.3 Å². The Morgan fingerprint density at radius 3 is 2.19 bits per heavy atom. The molecule has 0 atom stereocenters. The summed E-state index contributed by atoms with van der Waals surface area (Å²) in [6.07, 6.45) is -3.61. The van der Waals surface area contributed by atoms with Gasteiger partial charge in [-0.3, -0.25) is 9.10 Å². The highest BCUT2D eigenvalue weighted by Crippen LogP contribution is 2.36. The van der Waals surface area contributed by atoms with Gasteiger partial charge in [-0.25, -0.2) is 8.42 Å². The van der Waals surface area contributed by atoms with E-state index in [1.807, 2.05) is 0 Å². The fourth-order valence-corrected chi connectivity index (χ4v) is 2.77. The number of alkyl halides is 3. The van der Waals surface area contributed by atoms with Crippen LogP contribution in [0.3, 0.4) is 0 Å². The van der Waals surface area contributed by atoms with Gasteiger partial charge in [0.25, 0.3) is 5.91 Å². The third-order valence-electron chi connectivity index (χ3n) is 3.52. The second kappa shape index (κ2) is 7.16. The Bertz CT molecular complexity index is 929. The Morgan fingerprint density at radius 1 is 1.12 bits per heavy atom. The highest BCUT2D eigenvalue weighted by Gasteiger charge is 2.33. The first-order valence-corrected chi connectivity index (χ1v) is 9.34. The first kappa shape index (κ1) is 20.1. The Labute approximate surface area is 153 Å². The van der Waals surface area contributed by atoms with Crippen molar-refractivity contribution < 1.29 is 26.4 Å². The zero-order valence-electron chi connectivity index (χ0n) is 13.6. The maximum absolute atomic E-state index is 12.9. The largest absolute Gasteiger partial charge is 0.417 e. The van der Waals surface area contributed by atoms with Gasteiger partial charge in [0.05, 0.1) is 22.5 Å². The monoisotopic (exact) mass is 406 g/mol. The van der Waals surface area contributed by atoms with Gasteiger partial charge in [0.15, 0.2) is 0 Å². The predicted molar refractivity (Wildman–Crippen MR) is 94.1 cm³/mol. The SMILES string of the molecule is CN(c1ccc(C(=O)Nc2ccc(Cl)c(C(F)(F)F)c2)cc1)S(C)(=O)=O. The molecule has 0 aromatic heterocycles. The topological polar surface area (TPSA) is 66.5 Å². The zero-order chi connectivity index (χ0) is 19.7. The van der Waals surface area contributed by atoms with Crippen LogP contribution in [0.2, 0.25) is 5.02 Å². The summed E-state index contributed by atoms with van der Waals surface area (Å²) in [7, 11) is -2.09. The van der Waals surface area contributed by atoms with Crippen LogP contribution in [-0.4, -0.2) is 27.6 Å². The third kappa shape index (κ3) is 4.67. The van der Waals surface area contributed by atoms with Crippen molar-refractivity contribution in [2.24, 2.45) is 0 Å². The van der Waals surface area contributed by atoms with Crippen molar-refractivity contribution in [2.45, 2.75) is 6.18 Å². The molecule has 140 valence electrons. The molecule has 0 saturated heterocycles. The lowest BCUT2D eigenvalue weighted by atomic mass is 10.1. The van der Waals surface area contributed by atoms with Gasteiger partial charge in [0.1, 0.15) is 0 Å². The number of rotatable bonds is 4. The number of halogens is 4. The lowest BCUT2D eigenvalue weighted by Crippen LogP contribution is -2.24. The van der Waals surface area contributed by atoms with E-state index in [2.05, 4.69) is 5.32 Å². The molecule has 0 fully saturated rings. The van der Waals surface area contributed by atoms with Crippen molar-refractivity contribution >= 4 is 38.9 Å². The molecule has 26 heavy (non-hydrogen) atoms.